The van der Waals surface area contributed by atoms with Crippen molar-refractivity contribution in [2.75, 3.05) is 0 Å². The molecule has 1 heteroatoms. The largest absolute Gasteiger partial charge is 0.493 e. The predicted molar refractivity (Wildman–Crippen MR) is 42.8 cm³/mol. The lowest BCUT2D eigenvalue weighted by atomic mass is 10.2. The van der Waals surface area contributed by atoms with Gasteiger partial charge in [0.15, 0.2) is 0 Å². The number of rotatable bonds is 1. The zero-order valence-corrected chi connectivity index (χ0v) is 7.32. The van der Waals surface area contributed by atoms with Crippen LogP contribution in [0.25, 0.3) is 0 Å². The average Bonchev–Trinajstić information content (AvgIpc) is 2.35. The van der Waals surface area contributed by atoms with E-state index in [-0.39, 0.29) is 5.60 Å². The summed E-state index contributed by atoms with van der Waals surface area (Å²) in [5.74, 6) is 1.15. The van der Waals surface area contributed by atoms with E-state index in [0.717, 1.165) is 5.76 Å². The van der Waals surface area contributed by atoms with Gasteiger partial charge < -0.3 is 4.74 Å². The monoisotopic (exact) mass is 140 g/mol. The van der Waals surface area contributed by atoms with Crippen LogP contribution in [0.3, 0.4) is 0 Å². The summed E-state index contributed by atoms with van der Waals surface area (Å²) >= 11 is 0. The van der Waals surface area contributed by atoms with E-state index < -0.39 is 0 Å². The first kappa shape index (κ1) is 7.64. The standard InChI is InChI=1S/C9H16O/c1-7(8-5-6-8)10-9(2,3)4/h5-6H2,1-4H3. The van der Waals surface area contributed by atoms with E-state index in [2.05, 4.69) is 27.7 Å². The van der Waals surface area contributed by atoms with E-state index in [9.17, 15) is 0 Å². The molecule has 1 aliphatic rings. The van der Waals surface area contributed by atoms with Crippen LogP contribution < -0.4 is 0 Å². The van der Waals surface area contributed by atoms with Gasteiger partial charge in [-0.3, -0.25) is 0 Å². The fraction of sp³-hybridized carbons (Fsp3) is 0.778. The summed E-state index contributed by atoms with van der Waals surface area (Å²) in [7, 11) is 0. The Hall–Kier alpha value is -0.460. The first-order chi connectivity index (χ1) is 4.49. The van der Waals surface area contributed by atoms with Gasteiger partial charge in [0.2, 0.25) is 0 Å². The third kappa shape index (κ3) is 2.42. The van der Waals surface area contributed by atoms with E-state index in [0.29, 0.717) is 0 Å². The van der Waals surface area contributed by atoms with E-state index in [4.69, 9.17) is 4.74 Å². The van der Waals surface area contributed by atoms with Crippen molar-refractivity contribution in [1.29, 1.82) is 0 Å². The maximum Gasteiger partial charge on any atom is 0.100 e. The zero-order chi connectivity index (χ0) is 7.78. The summed E-state index contributed by atoms with van der Waals surface area (Å²) in [4.78, 5) is 0. The minimum atomic E-state index is -0.0142. The lowest BCUT2D eigenvalue weighted by Gasteiger charge is -2.21. The number of ether oxygens (including phenoxy) is 1. The molecule has 0 atom stereocenters. The van der Waals surface area contributed by atoms with Crippen molar-refractivity contribution < 1.29 is 4.74 Å². The molecule has 1 aliphatic carbocycles. The molecule has 0 N–H and O–H groups in total. The van der Waals surface area contributed by atoms with Gasteiger partial charge in [-0.05, 0) is 46.1 Å². The van der Waals surface area contributed by atoms with Crippen LogP contribution >= 0.6 is 0 Å². The Balaban J connectivity index is 2.46. The highest BCUT2D eigenvalue weighted by Gasteiger charge is 2.19. The maximum absolute atomic E-state index is 5.64. The Morgan fingerprint density at radius 1 is 1.30 bits per heavy atom. The smallest absolute Gasteiger partial charge is 0.100 e. The first-order valence-electron chi connectivity index (χ1n) is 3.87. The Kier molecular flexibility index (Phi) is 1.76. The van der Waals surface area contributed by atoms with Crippen molar-refractivity contribution in [3.8, 4) is 0 Å². The van der Waals surface area contributed by atoms with Crippen molar-refractivity contribution in [3.05, 3.63) is 11.3 Å². The Bertz CT molecular complexity index is 154. The molecule has 0 bridgehead atoms. The molecule has 1 rings (SSSR count). The van der Waals surface area contributed by atoms with Crippen LogP contribution in [0.1, 0.15) is 40.5 Å². The van der Waals surface area contributed by atoms with E-state index >= 15 is 0 Å². The third-order valence-electron chi connectivity index (χ3n) is 1.46. The molecule has 0 aromatic rings. The molecule has 0 aromatic carbocycles. The number of allylic oxidation sites excluding steroid dienone is 2. The highest BCUT2D eigenvalue weighted by Crippen LogP contribution is 2.33. The molecule has 0 aliphatic heterocycles. The van der Waals surface area contributed by atoms with Gasteiger partial charge in [-0.25, -0.2) is 0 Å². The summed E-state index contributed by atoms with van der Waals surface area (Å²) in [6, 6.07) is 0. The summed E-state index contributed by atoms with van der Waals surface area (Å²) in [6.07, 6.45) is 2.50. The van der Waals surface area contributed by atoms with Gasteiger partial charge in [0, 0.05) is 0 Å². The summed E-state index contributed by atoms with van der Waals surface area (Å²) in [5.41, 5.74) is 1.48. The van der Waals surface area contributed by atoms with Crippen molar-refractivity contribution in [2.45, 2.75) is 46.1 Å². The molecular formula is C9H16O. The molecule has 0 aromatic heterocycles. The highest BCUT2D eigenvalue weighted by molar-refractivity contribution is 5.19. The van der Waals surface area contributed by atoms with Crippen molar-refractivity contribution >= 4 is 0 Å². The second-order valence-electron chi connectivity index (χ2n) is 3.87. The number of hydrogen-bond acceptors (Lipinski definition) is 1. The molecule has 10 heavy (non-hydrogen) atoms. The summed E-state index contributed by atoms with van der Waals surface area (Å²) in [5, 5.41) is 0. The first-order valence-corrected chi connectivity index (χ1v) is 3.87. The molecule has 1 nitrogen and oxygen atoms in total. The molecular weight excluding hydrogens is 124 g/mol. The molecule has 0 radical (unpaired) electrons. The lowest BCUT2D eigenvalue weighted by Crippen LogP contribution is -2.17. The maximum atomic E-state index is 5.64. The second kappa shape index (κ2) is 2.30. The molecule has 0 unspecified atom stereocenters. The van der Waals surface area contributed by atoms with Gasteiger partial charge in [0.25, 0.3) is 0 Å². The fourth-order valence-corrected chi connectivity index (χ4v) is 0.946. The third-order valence-corrected chi connectivity index (χ3v) is 1.46. The molecule has 1 fully saturated rings. The van der Waals surface area contributed by atoms with Gasteiger partial charge in [-0.1, -0.05) is 0 Å². The Morgan fingerprint density at radius 3 is 2.10 bits per heavy atom. The van der Waals surface area contributed by atoms with Crippen molar-refractivity contribution in [1.82, 2.24) is 0 Å². The van der Waals surface area contributed by atoms with E-state index in [1.54, 1.807) is 0 Å². The quantitative estimate of drug-likeness (QED) is 0.509. The van der Waals surface area contributed by atoms with Crippen LogP contribution in [0.5, 0.6) is 0 Å². The van der Waals surface area contributed by atoms with E-state index in [1.165, 1.54) is 18.4 Å². The lowest BCUT2D eigenvalue weighted by molar-refractivity contribution is 0.0525. The van der Waals surface area contributed by atoms with Crippen LogP contribution in [-0.2, 0) is 4.74 Å². The topological polar surface area (TPSA) is 9.23 Å². The fourth-order valence-electron chi connectivity index (χ4n) is 0.946. The normalized spacial score (nSPS) is 17.0. The zero-order valence-electron chi connectivity index (χ0n) is 7.32. The summed E-state index contributed by atoms with van der Waals surface area (Å²) in [6.45, 7) is 8.31. The number of hydrogen-bond donors (Lipinski definition) is 0. The van der Waals surface area contributed by atoms with Crippen LogP contribution in [0, 0.1) is 0 Å². The highest BCUT2D eigenvalue weighted by atomic mass is 16.5. The molecule has 0 heterocycles. The van der Waals surface area contributed by atoms with E-state index in [1.807, 2.05) is 0 Å². The Labute approximate surface area is 63.1 Å². The van der Waals surface area contributed by atoms with Gasteiger partial charge in [0.05, 0.1) is 5.76 Å². The SMILES string of the molecule is CC(OC(C)(C)C)=C1CC1. The molecule has 0 amide bonds. The van der Waals surface area contributed by atoms with Crippen molar-refractivity contribution in [3.63, 3.8) is 0 Å². The molecule has 1 saturated carbocycles. The minimum absolute atomic E-state index is 0.0142. The van der Waals surface area contributed by atoms with Crippen molar-refractivity contribution in [2.24, 2.45) is 0 Å². The predicted octanol–water partition coefficient (Wildman–Crippen LogP) is 2.87. The van der Waals surface area contributed by atoms with Gasteiger partial charge in [-0.2, -0.15) is 0 Å². The Morgan fingerprint density at radius 2 is 1.80 bits per heavy atom. The average molecular weight is 140 g/mol. The van der Waals surface area contributed by atoms with Crippen LogP contribution in [0.4, 0.5) is 0 Å². The molecule has 0 saturated heterocycles. The second-order valence-corrected chi connectivity index (χ2v) is 3.87. The van der Waals surface area contributed by atoms with Gasteiger partial charge in [0.1, 0.15) is 5.60 Å². The van der Waals surface area contributed by atoms with Gasteiger partial charge in [-0.15, -0.1) is 0 Å². The van der Waals surface area contributed by atoms with Gasteiger partial charge >= 0.3 is 0 Å². The van der Waals surface area contributed by atoms with Crippen LogP contribution in [0.15, 0.2) is 11.3 Å². The summed E-state index contributed by atoms with van der Waals surface area (Å²) < 4.78 is 5.64. The minimum Gasteiger partial charge on any atom is -0.493 e. The molecule has 58 valence electrons. The van der Waals surface area contributed by atoms with Crippen LogP contribution in [-0.4, -0.2) is 5.60 Å². The van der Waals surface area contributed by atoms with Crippen LogP contribution in [0.2, 0.25) is 0 Å². The molecule has 0 spiro atoms.